The van der Waals surface area contributed by atoms with Gasteiger partial charge < -0.3 is 10.8 Å². The number of aliphatic hydroxyl groups is 1. The second-order valence-electron chi connectivity index (χ2n) is 4.86. The van der Waals surface area contributed by atoms with Gasteiger partial charge in [-0.3, -0.25) is 0 Å². The van der Waals surface area contributed by atoms with E-state index in [1.54, 1.807) is 13.8 Å². The molecule has 3 N–H and O–H groups in total. The molecule has 0 aliphatic carbocycles. The Bertz CT molecular complexity index is 435. The van der Waals surface area contributed by atoms with Crippen LogP contribution in [-0.2, 0) is 6.18 Å². The van der Waals surface area contributed by atoms with Gasteiger partial charge in [0.05, 0.1) is 10.6 Å². The third kappa shape index (κ3) is 4.24. The summed E-state index contributed by atoms with van der Waals surface area (Å²) in [5.74, 6) is 0. The molecule has 110 valence electrons. The number of rotatable bonds is 3. The van der Waals surface area contributed by atoms with E-state index < -0.39 is 23.2 Å². The molecule has 0 fully saturated rings. The van der Waals surface area contributed by atoms with Crippen molar-refractivity contribution >= 4 is 24.0 Å². The van der Waals surface area contributed by atoms with E-state index >= 15 is 0 Å². The molecule has 0 saturated carbocycles. The fourth-order valence-electron chi connectivity index (χ4n) is 1.50. The lowest BCUT2D eigenvalue weighted by atomic mass is 9.81. The van der Waals surface area contributed by atoms with Gasteiger partial charge in [-0.15, -0.1) is 12.4 Å². The first-order valence-corrected chi connectivity index (χ1v) is 5.70. The summed E-state index contributed by atoms with van der Waals surface area (Å²) in [6, 6.07) is 2.80. The monoisotopic (exact) mass is 317 g/mol. The number of nitrogens with two attached hydrogens (primary N) is 1. The van der Waals surface area contributed by atoms with Crippen molar-refractivity contribution in [3.8, 4) is 0 Å². The Balaban J connectivity index is 0.00000324. The van der Waals surface area contributed by atoms with Gasteiger partial charge in [0.2, 0.25) is 0 Å². The Morgan fingerprint density at radius 3 is 2.21 bits per heavy atom. The Kier molecular flexibility index (Phi) is 6.14. The molecule has 0 amide bonds. The Labute approximate surface area is 121 Å². The van der Waals surface area contributed by atoms with E-state index in [9.17, 15) is 18.3 Å². The van der Waals surface area contributed by atoms with E-state index in [0.717, 1.165) is 6.07 Å². The highest BCUT2D eigenvalue weighted by atomic mass is 35.5. The zero-order valence-electron chi connectivity index (χ0n) is 10.5. The maximum atomic E-state index is 12.5. The van der Waals surface area contributed by atoms with E-state index in [4.69, 9.17) is 17.3 Å². The first kappa shape index (κ1) is 18.5. The summed E-state index contributed by atoms with van der Waals surface area (Å²) in [6.45, 7) is 3.28. The first-order valence-electron chi connectivity index (χ1n) is 5.32. The molecule has 1 atom stereocenters. The fourth-order valence-corrected chi connectivity index (χ4v) is 1.80. The van der Waals surface area contributed by atoms with Crippen LogP contribution in [-0.4, -0.2) is 11.7 Å². The molecule has 0 saturated heterocycles. The largest absolute Gasteiger partial charge is 0.417 e. The van der Waals surface area contributed by atoms with Gasteiger partial charge in [-0.25, -0.2) is 0 Å². The Hall–Kier alpha value is -0.490. The molecule has 0 aliphatic rings. The number of benzene rings is 1. The molecular formula is C12H16Cl2F3NO. The van der Waals surface area contributed by atoms with Gasteiger partial charge in [0.1, 0.15) is 0 Å². The predicted molar refractivity (Wildman–Crippen MR) is 71.5 cm³/mol. The molecule has 0 bridgehead atoms. The maximum absolute atomic E-state index is 12.5. The molecule has 19 heavy (non-hydrogen) atoms. The summed E-state index contributed by atoms with van der Waals surface area (Å²) >= 11 is 5.61. The predicted octanol–water partition coefficient (Wildman–Crippen LogP) is 3.80. The zero-order valence-corrected chi connectivity index (χ0v) is 12.0. The van der Waals surface area contributed by atoms with Gasteiger partial charge in [0.25, 0.3) is 0 Å². The van der Waals surface area contributed by atoms with Gasteiger partial charge >= 0.3 is 6.18 Å². The van der Waals surface area contributed by atoms with E-state index in [2.05, 4.69) is 0 Å². The summed E-state index contributed by atoms with van der Waals surface area (Å²) in [7, 11) is 0. The first-order chi connectivity index (χ1) is 8.09. The number of aliphatic hydroxyl groups excluding tert-OH is 1. The summed E-state index contributed by atoms with van der Waals surface area (Å²) in [5, 5.41) is 8.80. The van der Waals surface area contributed by atoms with Crippen LogP contribution in [0.2, 0.25) is 5.02 Å². The molecule has 1 aromatic rings. The highest BCUT2D eigenvalue weighted by Crippen LogP contribution is 2.38. The summed E-state index contributed by atoms with van der Waals surface area (Å²) in [5.41, 5.74) is 4.85. The van der Waals surface area contributed by atoms with Crippen molar-refractivity contribution in [2.45, 2.75) is 26.1 Å². The second kappa shape index (κ2) is 6.31. The van der Waals surface area contributed by atoms with Crippen molar-refractivity contribution in [3.63, 3.8) is 0 Å². The minimum atomic E-state index is -4.48. The third-order valence-corrected chi connectivity index (χ3v) is 3.22. The number of hydrogen-bond acceptors (Lipinski definition) is 2. The Morgan fingerprint density at radius 2 is 1.84 bits per heavy atom. The minimum Gasteiger partial charge on any atom is -0.396 e. The zero-order chi connectivity index (χ0) is 14.1. The molecule has 0 aliphatic heterocycles. The van der Waals surface area contributed by atoms with Crippen LogP contribution < -0.4 is 5.73 Å². The van der Waals surface area contributed by atoms with Crippen molar-refractivity contribution in [1.82, 2.24) is 0 Å². The number of halogens is 5. The lowest BCUT2D eigenvalue weighted by Gasteiger charge is -2.30. The van der Waals surface area contributed by atoms with Crippen LogP contribution in [0.1, 0.15) is 31.0 Å². The SMILES string of the molecule is CC(C)(CO)[C@@H](N)c1ccc(C(F)(F)F)c(Cl)c1.Cl. The molecule has 1 rings (SSSR count). The molecule has 0 spiro atoms. The van der Waals surface area contributed by atoms with Crippen molar-refractivity contribution in [3.05, 3.63) is 34.3 Å². The number of alkyl halides is 3. The van der Waals surface area contributed by atoms with Crippen LogP contribution in [0.5, 0.6) is 0 Å². The lowest BCUT2D eigenvalue weighted by Crippen LogP contribution is -2.32. The lowest BCUT2D eigenvalue weighted by molar-refractivity contribution is -0.137. The van der Waals surface area contributed by atoms with Crippen LogP contribution in [0.25, 0.3) is 0 Å². The van der Waals surface area contributed by atoms with Gasteiger partial charge in [0.15, 0.2) is 0 Å². The van der Waals surface area contributed by atoms with E-state index in [1.165, 1.54) is 12.1 Å². The van der Waals surface area contributed by atoms with Crippen LogP contribution in [0, 0.1) is 5.41 Å². The molecule has 0 radical (unpaired) electrons. The van der Waals surface area contributed by atoms with Crippen molar-refractivity contribution < 1.29 is 18.3 Å². The van der Waals surface area contributed by atoms with Crippen molar-refractivity contribution in [2.24, 2.45) is 11.1 Å². The average molecular weight is 318 g/mol. The van der Waals surface area contributed by atoms with Crippen LogP contribution in [0.15, 0.2) is 18.2 Å². The highest BCUT2D eigenvalue weighted by molar-refractivity contribution is 6.31. The molecular weight excluding hydrogens is 302 g/mol. The quantitative estimate of drug-likeness (QED) is 0.890. The minimum absolute atomic E-state index is 0. The molecule has 0 heterocycles. The van der Waals surface area contributed by atoms with E-state index in [-0.39, 0.29) is 24.0 Å². The smallest absolute Gasteiger partial charge is 0.396 e. The molecule has 0 unspecified atom stereocenters. The molecule has 0 aromatic heterocycles. The second-order valence-corrected chi connectivity index (χ2v) is 5.27. The van der Waals surface area contributed by atoms with Crippen LogP contribution in [0.4, 0.5) is 13.2 Å². The molecule has 7 heteroatoms. The van der Waals surface area contributed by atoms with Gasteiger partial charge in [-0.05, 0) is 17.7 Å². The molecule has 1 aromatic carbocycles. The fraction of sp³-hybridized carbons (Fsp3) is 0.500. The Morgan fingerprint density at radius 1 is 1.32 bits per heavy atom. The van der Waals surface area contributed by atoms with Gasteiger partial charge in [-0.1, -0.05) is 31.5 Å². The number of hydrogen-bond donors (Lipinski definition) is 2. The van der Waals surface area contributed by atoms with Crippen LogP contribution >= 0.6 is 24.0 Å². The standard InChI is InChI=1S/C12H15ClF3NO.ClH/c1-11(2,6-18)10(17)7-3-4-8(9(13)5-7)12(14,15)16;/h3-5,10,18H,6,17H2,1-2H3;1H/t10-;/m0./s1. The third-order valence-electron chi connectivity index (χ3n) is 2.91. The van der Waals surface area contributed by atoms with Crippen molar-refractivity contribution in [2.75, 3.05) is 6.61 Å². The van der Waals surface area contributed by atoms with Gasteiger partial charge in [0, 0.05) is 18.1 Å². The highest BCUT2D eigenvalue weighted by Gasteiger charge is 2.34. The maximum Gasteiger partial charge on any atom is 0.417 e. The van der Waals surface area contributed by atoms with E-state index in [1.807, 2.05) is 0 Å². The topological polar surface area (TPSA) is 46.2 Å². The average Bonchev–Trinajstić information content (AvgIpc) is 2.26. The summed E-state index contributed by atoms with van der Waals surface area (Å²) < 4.78 is 37.6. The normalized spacial score (nSPS) is 13.9. The summed E-state index contributed by atoms with van der Waals surface area (Å²) in [4.78, 5) is 0. The van der Waals surface area contributed by atoms with Crippen molar-refractivity contribution in [1.29, 1.82) is 0 Å². The van der Waals surface area contributed by atoms with Crippen LogP contribution in [0.3, 0.4) is 0 Å². The summed E-state index contributed by atoms with van der Waals surface area (Å²) in [6.07, 6.45) is -4.48. The van der Waals surface area contributed by atoms with E-state index in [0.29, 0.717) is 5.56 Å². The molecule has 2 nitrogen and oxygen atoms in total. The van der Waals surface area contributed by atoms with Gasteiger partial charge in [-0.2, -0.15) is 13.2 Å².